The Hall–Kier alpha value is -0.380. The van der Waals surface area contributed by atoms with Crippen molar-refractivity contribution in [2.45, 2.75) is 71.0 Å². The lowest BCUT2D eigenvalue weighted by Crippen LogP contribution is -2.61. The highest BCUT2D eigenvalue weighted by molar-refractivity contribution is 7.07. The quantitative estimate of drug-likeness (QED) is 0.881. The molecular formula is C18H30N2S. The van der Waals surface area contributed by atoms with Gasteiger partial charge in [0.1, 0.15) is 0 Å². The molecule has 0 saturated heterocycles. The zero-order valence-corrected chi connectivity index (χ0v) is 14.6. The molecule has 1 aromatic heterocycles. The summed E-state index contributed by atoms with van der Waals surface area (Å²) in [5, 5.41) is 4.50. The molecule has 1 heterocycles. The molecule has 2 N–H and O–H groups in total. The fraction of sp³-hybridized carbons (Fsp3) is 0.778. The highest BCUT2D eigenvalue weighted by Gasteiger charge is 2.50. The van der Waals surface area contributed by atoms with Gasteiger partial charge in [0.05, 0.1) is 0 Å². The first-order chi connectivity index (χ1) is 9.97. The maximum absolute atomic E-state index is 6.37. The van der Waals surface area contributed by atoms with Gasteiger partial charge in [-0.15, -0.1) is 0 Å². The standard InChI is InChI=1S/C18H30N2S/c1-14-10-17(2,3)7-8-18(14,13-19)20(16-4-5-16)11-15-6-9-21-12-15/h6,9,12,14,16H,4-5,7-8,10-11,13,19H2,1-3H3. The molecule has 0 aromatic carbocycles. The second kappa shape index (κ2) is 5.68. The summed E-state index contributed by atoms with van der Waals surface area (Å²) in [6.45, 7) is 9.19. The van der Waals surface area contributed by atoms with Crippen LogP contribution < -0.4 is 5.73 Å². The number of thiophene rings is 1. The molecule has 2 nitrogen and oxygen atoms in total. The molecule has 21 heavy (non-hydrogen) atoms. The van der Waals surface area contributed by atoms with E-state index in [2.05, 4.69) is 42.5 Å². The van der Waals surface area contributed by atoms with Gasteiger partial charge in [-0.25, -0.2) is 0 Å². The second-order valence-electron chi connectivity index (χ2n) is 8.07. The molecule has 2 fully saturated rings. The van der Waals surface area contributed by atoms with Crippen LogP contribution >= 0.6 is 11.3 Å². The molecular weight excluding hydrogens is 276 g/mol. The Morgan fingerprint density at radius 2 is 2.10 bits per heavy atom. The van der Waals surface area contributed by atoms with Crippen LogP contribution in [-0.4, -0.2) is 23.0 Å². The van der Waals surface area contributed by atoms with Crippen molar-refractivity contribution in [2.75, 3.05) is 6.54 Å². The smallest absolute Gasteiger partial charge is 0.0364 e. The minimum atomic E-state index is 0.221. The average Bonchev–Trinajstić information content (AvgIpc) is 3.14. The fourth-order valence-electron chi connectivity index (χ4n) is 4.39. The van der Waals surface area contributed by atoms with Gasteiger partial charge in [-0.3, -0.25) is 4.90 Å². The fourth-order valence-corrected chi connectivity index (χ4v) is 5.04. The van der Waals surface area contributed by atoms with E-state index in [0.29, 0.717) is 11.3 Å². The molecule has 0 bridgehead atoms. The van der Waals surface area contributed by atoms with Gasteiger partial charge in [0.25, 0.3) is 0 Å². The van der Waals surface area contributed by atoms with E-state index >= 15 is 0 Å². The van der Waals surface area contributed by atoms with E-state index in [1.165, 1.54) is 37.7 Å². The van der Waals surface area contributed by atoms with E-state index in [-0.39, 0.29) is 5.54 Å². The van der Waals surface area contributed by atoms with E-state index < -0.39 is 0 Å². The van der Waals surface area contributed by atoms with Crippen molar-refractivity contribution in [3.05, 3.63) is 22.4 Å². The third-order valence-electron chi connectivity index (χ3n) is 5.86. The largest absolute Gasteiger partial charge is 0.329 e. The average molecular weight is 307 g/mol. The number of hydrogen-bond acceptors (Lipinski definition) is 3. The molecule has 118 valence electrons. The Morgan fingerprint density at radius 3 is 2.62 bits per heavy atom. The molecule has 0 amide bonds. The Morgan fingerprint density at radius 1 is 1.33 bits per heavy atom. The summed E-state index contributed by atoms with van der Waals surface area (Å²) >= 11 is 1.81. The van der Waals surface area contributed by atoms with Gasteiger partial charge in [0, 0.05) is 24.7 Å². The highest BCUT2D eigenvalue weighted by Crippen LogP contribution is 2.49. The van der Waals surface area contributed by atoms with E-state index in [1.807, 2.05) is 11.3 Å². The van der Waals surface area contributed by atoms with Crippen LogP contribution in [-0.2, 0) is 6.54 Å². The predicted molar refractivity (Wildman–Crippen MR) is 91.5 cm³/mol. The molecule has 1 aromatic rings. The van der Waals surface area contributed by atoms with E-state index in [1.54, 1.807) is 0 Å². The maximum Gasteiger partial charge on any atom is 0.0364 e. The molecule has 2 aliphatic rings. The van der Waals surface area contributed by atoms with Crippen molar-refractivity contribution in [3.8, 4) is 0 Å². The topological polar surface area (TPSA) is 29.3 Å². The molecule has 3 rings (SSSR count). The van der Waals surface area contributed by atoms with Gasteiger partial charge in [-0.05, 0) is 65.8 Å². The molecule has 2 atom stereocenters. The van der Waals surface area contributed by atoms with Crippen LogP contribution in [0.15, 0.2) is 16.8 Å². The van der Waals surface area contributed by atoms with Crippen LogP contribution in [0, 0.1) is 11.3 Å². The minimum Gasteiger partial charge on any atom is -0.329 e. The van der Waals surface area contributed by atoms with Crippen molar-refractivity contribution in [1.82, 2.24) is 4.90 Å². The monoisotopic (exact) mass is 306 g/mol. The van der Waals surface area contributed by atoms with Crippen LogP contribution in [0.5, 0.6) is 0 Å². The van der Waals surface area contributed by atoms with E-state index in [0.717, 1.165) is 19.1 Å². The molecule has 2 aliphatic carbocycles. The van der Waals surface area contributed by atoms with Crippen molar-refractivity contribution in [1.29, 1.82) is 0 Å². The zero-order valence-electron chi connectivity index (χ0n) is 13.8. The van der Waals surface area contributed by atoms with Gasteiger partial charge < -0.3 is 5.73 Å². The third-order valence-corrected chi connectivity index (χ3v) is 6.59. The summed E-state index contributed by atoms with van der Waals surface area (Å²) < 4.78 is 0. The highest BCUT2D eigenvalue weighted by atomic mass is 32.1. The Balaban J connectivity index is 1.84. The summed E-state index contributed by atoms with van der Waals surface area (Å²) in [6, 6.07) is 3.05. The first-order valence-electron chi connectivity index (χ1n) is 8.45. The summed E-state index contributed by atoms with van der Waals surface area (Å²) in [7, 11) is 0. The third kappa shape index (κ3) is 3.06. The zero-order chi connectivity index (χ0) is 15.1. The summed E-state index contributed by atoms with van der Waals surface area (Å²) in [4.78, 5) is 2.79. The van der Waals surface area contributed by atoms with Gasteiger partial charge in [-0.2, -0.15) is 11.3 Å². The number of nitrogens with two attached hydrogens (primary N) is 1. The van der Waals surface area contributed by atoms with Crippen LogP contribution in [0.3, 0.4) is 0 Å². The lowest BCUT2D eigenvalue weighted by molar-refractivity contribution is -0.0328. The molecule has 0 aliphatic heterocycles. The van der Waals surface area contributed by atoms with Gasteiger partial charge >= 0.3 is 0 Å². The van der Waals surface area contributed by atoms with Gasteiger partial charge in [-0.1, -0.05) is 20.8 Å². The lowest BCUT2D eigenvalue weighted by Gasteiger charge is -2.54. The normalized spacial score (nSPS) is 32.5. The van der Waals surface area contributed by atoms with Crippen LogP contribution in [0.25, 0.3) is 0 Å². The SMILES string of the molecule is CC1CC(C)(C)CCC1(CN)N(Cc1ccsc1)C1CC1. The van der Waals surface area contributed by atoms with Crippen molar-refractivity contribution >= 4 is 11.3 Å². The van der Waals surface area contributed by atoms with Crippen molar-refractivity contribution < 1.29 is 0 Å². The first kappa shape index (κ1) is 15.5. The first-order valence-corrected chi connectivity index (χ1v) is 9.39. The Kier molecular flexibility index (Phi) is 4.19. The summed E-state index contributed by atoms with van der Waals surface area (Å²) in [5.41, 5.74) is 8.55. The van der Waals surface area contributed by atoms with Crippen LogP contribution in [0.2, 0.25) is 0 Å². The molecule has 0 spiro atoms. The Labute approximate surface area is 133 Å². The number of nitrogens with zero attached hydrogens (tertiary/aromatic N) is 1. The number of rotatable bonds is 5. The van der Waals surface area contributed by atoms with Crippen LogP contribution in [0.1, 0.15) is 58.4 Å². The molecule has 3 heteroatoms. The van der Waals surface area contributed by atoms with Crippen molar-refractivity contribution in [3.63, 3.8) is 0 Å². The minimum absolute atomic E-state index is 0.221. The summed E-state index contributed by atoms with van der Waals surface area (Å²) in [6.07, 6.45) is 6.60. The van der Waals surface area contributed by atoms with Gasteiger partial charge in [0.2, 0.25) is 0 Å². The molecule has 2 saturated carbocycles. The lowest BCUT2D eigenvalue weighted by atomic mass is 9.63. The Bertz CT molecular complexity index is 464. The second-order valence-corrected chi connectivity index (χ2v) is 8.85. The van der Waals surface area contributed by atoms with E-state index in [4.69, 9.17) is 5.73 Å². The molecule has 2 unspecified atom stereocenters. The maximum atomic E-state index is 6.37. The van der Waals surface area contributed by atoms with Crippen LogP contribution in [0.4, 0.5) is 0 Å². The molecule has 0 radical (unpaired) electrons. The summed E-state index contributed by atoms with van der Waals surface area (Å²) in [5.74, 6) is 0.686. The van der Waals surface area contributed by atoms with E-state index in [9.17, 15) is 0 Å². The van der Waals surface area contributed by atoms with Gasteiger partial charge in [0.15, 0.2) is 0 Å². The predicted octanol–water partition coefficient (Wildman–Crippen LogP) is 4.26. The number of hydrogen-bond donors (Lipinski definition) is 1. The van der Waals surface area contributed by atoms with Crippen molar-refractivity contribution in [2.24, 2.45) is 17.1 Å².